The van der Waals surface area contributed by atoms with Crippen molar-refractivity contribution in [1.29, 1.82) is 0 Å². The van der Waals surface area contributed by atoms with Gasteiger partial charge in [-0.25, -0.2) is 17.9 Å². The van der Waals surface area contributed by atoms with Crippen LogP contribution in [-0.2, 0) is 26.0 Å². The number of amides is 1. The lowest BCUT2D eigenvalue weighted by Crippen LogP contribution is -2.29. The molecule has 2 rings (SSSR count). The van der Waals surface area contributed by atoms with Gasteiger partial charge >= 0.3 is 5.97 Å². The molecule has 0 spiro atoms. The SMILES string of the molecule is COc1ccc(NC(=O)C(C)OC(=O)c2ccc(CCNS(C)(=O)=O)s2)cc1. The van der Waals surface area contributed by atoms with Crippen molar-refractivity contribution in [3.63, 3.8) is 0 Å². The highest BCUT2D eigenvalue weighted by atomic mass is 32.2. The molecule has 2 N–H and O–H groups in total. The first-order chi connectivity index (χ1) is 13.2. The number of sulfonamides is 1. The Hall–Kier alpha value is -2.43. The summed E-state index contributed by atoms with van der Waals surface area (Å²) >= 11 is 1.20. The molecule has 0 aliphatic rings. The standard InChI is InChI=1S/C18H22N2O6S2/c1-12(17(21)20-13-4-6-14(25-2)7-5-13)26-18(22)16-9-8-15(27-16)10-11-19-28(3,23)24/h4-9,12,19H,10-11H2,1-3H3,(H,20,21). The largest absolute Gasteiger partial charge is 0.497 e. The van der Waals surface area contributed by atoms with Crippen molar-refractivity contribution in [3.05, 3.63) is 46.2 Å². The molecular formula is C18H22N2O6S2. The van der Waals surface area contributed by atoms with Crippen molar-refractivity contribution in [1.82, 2.24) is 4.72 Å². The summed E-state index contributed by atoms with van der Waals surface area (Å²) in [4.78, 5) is 25.6. The predicted octanol–water partition coefficient (Wildman–Crippen LogP) is 2.03. The number of hydrogen-bond donors (Lipinski definition) is 2. The smallest absolute Gasteiger partial charge is 0.349 e. The van der Waals surface area contributed by atoms with E-state index in [1.54, 1.807) is 43.5 Å². The maximum absolute atomic E-state index is 12.2. The van der Waals surface area contributed by atoms with Crippen molar-refractivity contribution < 1.29 is 27.5 Å². The fourth-order valence-corrected chi connectivity index (χ4v) is 3.54. The van der Waals surface area contributed by atoms with Gasteiger partial charge < -0.3 is 14.8 Å². The van der Waals surface area contributed by atoms with Crippen LogP contribution in [0.1, 0.15) is 21.5 Å². The summed E-state index contributed by atoms with van der Waals surface area (Å²) in [5.41, 5.74) is 0.561. The summed E-state index contributed by atoms with van der Waals surface area (Å²) in [7, 11) is -1.70. The molecule has 1 heterocycles. The highest BCUT2D eigenvalue weighted by molar-refractivity contribution is 7.88. The van der Waals surface area contributed by atoms with E-state index in [9.17, 15) is 18.0 Å². The fourth-order valence-electron chi connectivity index (χ4n) is 2.17. The first-order valence-electron chi connectivity index (χ1n) is 8.37. The van der Waals surface area contributed by atoms with E-state index >= 15 is 0 Å². The molecule has 10 heteroatoms. The van der Waals surface area contributed by atoms with E-state index in [0.717, 1.165) is 11.1 Å². The molecule has 0 saturated heterocycles. The maximum Gasteiger partial charge on any atom is 0.349 e. The Morgan fingerprint density at radius 1 is 1.14 bits per heavy atom. The van der Waals surface area contributed by atoms with Crippen LogP contribution >= 0.6 is 11.3 Å². The molecular weight excluding hydrogens is 404 g/mol. The molecule has 1 amide bonds. The zero-order valence-corrected chi connectivity index (χ0v) is 17.4. The van der Waals surface area contributed by atoms with Crippen LogP contribution < -0.4 is 14.8 Å². The zero-order chi connectivity index (χ0) is 20.7. The van der Waals surface area contributed by atoms with Crippen LogP contribution in [-0.4, -0.2) is 46.3 Å². The minimum atomic E-state index is -3.25. The predicted molar refractivity (Wildman–Crippen MR) is 107 cm³/mol. The second kappa shape index (κ2) is 9.67. The van der Waals surface area contributed by atoms with Crippen molar-refractivity contribution in [2.24, 2.45) is 0 Å². The number of benzene rings is 1. The lowest BCUT2D eigenvalue weighted by atomic mass is 10.3. The molecule has 0 fully saturated rings. The molecule has 0 aliphatic heterocycles. The summed E-state index contributed by atoms with van der Waals surface area (Å²) in [6.45, 7) is 1.73. The first-order valence-corrected chi connectivity index (χ1v) is 11.1. The maximum atomic E-state index is 12.2. The molecule has 0 bridgehead atoms. The normalized spacial score (nSPS) is 12.2. The number of nitrogens with one attached hydrogen (secondary N) is 2. The van der Waals surface area contributed by atoms with E-state index in [2.05, 4.69) is 10.0 Å². The van der Waals surface area contributed by atoms with Gasteiger partial charge in [0.2, 0.25) is 10.0 Å². The Labute approximate surface area is 167 Å². The van der Waals surface area contributed by atoms with Gasteiger partial charge in [0.05, 0.1) is 13.4 Å². The molecule has 1 unspecified atom stereocenters. The van der Waals surface area contributed by atoms with Crippen molar-refractivity contribution in [2.45, 2.75) is 19.4 Å². The number of methoxy groups -OCH3 is 1. The molecule has 0 saturated carbocycles. The number of carbonyl (C=O) groups excluding carboxylic acids is 2. The lowest BCUT2D eigenvalue weighted by Gasteiger charge is -2.13. The van der Waals surface area contributed by atoms with Gasteiger partial charge in [0.1, 0.15) is 10.6 Å². The molecule has 1 aromatic carbocycles. The molecule has 28 heavy (non-hydrogen) atoms. The molecule has 0 aliphatic carbocycles. The highest BCUT2D eigenvalue weighted by Gasteiger charge is 2.20. The van der Waals surface area contributed by atoms with E-state index in [0.29, 0.717) is 22.7 Å². The van der Waals surface area contributed by atoms with E-state index < -0.39 is 28.0 Å². The molecule has 8 nitrogen and oxygen atoms in total. The van der Waals surface area contributed by atoms with E-state index in [1.807, 2.05) is 0 Å². The second-order valence-electron chi connectivity index (χ2n) is 5.95. The summed E-state index contributed by atoms with van der Waals surface area (Å²) in [6.07, 6.45) is 0.563. The van der Waals surface area contributed by atoms with Crippen LogP contribution in [0.2, 0.25) is 0 Å². The number of hydrogen-bond acceptors (Lipinski definition) is 7. The van der Waals surface area contributed by atoms with Crippen LogP contribution in [0, 0.1) is 0 Å². The molecule has 2 aromatic rings. The second-order valence-corrected chi connectivity index (χ2v) is 8.95. The van der Waals surface area contributed by atoms with Gasteiger partial charge in [-0.2, -0.15) is 0 Å². The molecule has 1 atom stereocenters. The summed E-state index contributed by atoms with van der Waals surface area (Å²) in [6, 6.07) is 10.1. The fraction of sp³-hybridized carbons (Fsp3) is 0.333. The average Bonchev–Trinajstić information content (AvgIpc) is 3.10. The Bertz CT molecular complexity index is 922. The average molecular weight is 427 g/mol. The van der Waals surface area contributed by atoms with E-state index in [1.165, 1.54) is 18.3 Å². The summed E-state index contributed by atoms with van der Waals surface area (Å²) in [5, 5.41) is 2.66. The summed E-state index contributed by atoms with van der Waals surface area (Å²) in [5.74, 6) is -0.393. The number of thiophene rings is 1. The third-order valence-electron chi connectivity index (χ3n) is 3.61. The Balaban J connectivity index is 1.86. The highest BCUT2D eigenvalue weighted by Crippen LogP contribution is 2.19. The van der Waals surface area contributed by atoms with Crippen molar-refractivity contribution in [2.75, 3.05) is 25.2 Å². The number of rotatable bonds is 9. The lowest BCUT2D eigenvalue weighted by molar-refractivity contribution is -0.123. The van der Waals surface area contributed by atoms with Crippen LogP contribution in [0.4, 0.5) is 5.69 Å². The third kappa shape index (κ3) is 6.95. The van der Waals surface area contributed by atoms with Crippen molar-refractivity contribution >= 4 is 38.9 Å². The van der Waals surface area contributed by atoms with Crippen LogP contribution in [0.3, 0.4) is 0 Å². The monoisotopic (exact) mass is 426 g/mol. The van der Waals surface area contributed by atoms with Gasteiger partial charge in [-0.15, -0.1) is 11.3 Å². The van der Waals surface area contributed by atoms with Gasteiger partial charge in [0.15, 0.2) is 6.10 Å². The third-order valence-corrected chi connectivity index (χ3v) is 5.46. The number of anilines is 1. The van der Waals surface area contributed by atoms with Gasteiger partial charge in [-0.1, -0.05) is 0 Å². The number of carbonyl (C=O) groups is 2. The quantitative estimate of drug-likeness (QED) is 0.594. The van der Waals surface area contributed by atoms with Crippen LogP contribution in [0.25, 0.3) is 0 Å². The first kappa shape index (κ1) is 21.9. The van der Waals surface area contributed by atoms with Crippen LogP contribution in [0.5, 0.6) is 5.75 Å². The topological polar surface area (TPSA) is 111 Å². The Morgan fingerprint density at radius 3 is 2.43 bits per heavy atom. The van der Waals surface area contributed by atoms with Gasteiger partial charge in [0, 0.05) is 17.1 Å². The molecule has 152 valence electrons. The minimum absolute atomic E-state index is 0.245. The Kier molecular flexibility index (Phi) is 7.55. The van der Waals surface area contributed by atoms with Crippen molar-refractivity contribution in [3.8, 4) is 5.75 Å². The van der Waals surface area contributed by atoms with E-state index in [4.69, 9.17) is 9.47 Å². The van der Waals surface area contributed by atoms with Gasteiger partial charge in [-0.3, -0.25) is 4.79 Å². The number of ether oxygens (including phenoxy) is 2. The zero-order valence-electron chi connectivity index (χ0n) is 15.7. The minimum Gasteiger partial charge on any atom is -0.497 e. The van der Waals surface area contributed by atoms with Gasteiger partial charge in [0.25, 0.3) is 5.91 Å². The van der Waals surface area contributed by atoms with Crippen LogP contribution in [0.15, 0.2) is 36.4 Å². The summed E-state index contributed by atoms with van der Waals surface area (Å²) < 4.78 is 34.8. The number of esters is 1. The Morgan fingerprint density at radius 2 is 1.82 bits per heavy atom. The molecule has 0 radical (unpaired) electrons. The molecule has 1 aromatic heterocycles. The van der Waals surface area contributed by atoms with Gasteiger partial charge in [-0.05, 0) is 49.7 Å². The van der Waals surface area contributed by atoms with E-state index in [-0.39, 0.29) is 6.54 Å².